The molecule has 0 radical (unpaired) electrons. The van der Waals surface area contributed by atoms with Crippen molar-refractivity contribution in [2.24, 2.45) is 7.05 Å². The average molecular weight is 353 g/mol. The first-order chi connectivity index (χ1) is 12.4. The number of nitrogens with one attached hydrogen (secondary N) is 1. The van der Waals surface area contributed by atoms with Crippen molar-refractivity contribution in [3.63, 3.8) is 0 Å². The molecule has 26 heavy (non-hydrogen) atoms. The van der Waals surface area contributed by atoms with Crippen LogP contribution in [0.2, 0.25) is 0 Å². The van der Waals surface area contributed by atoms with Crippen molar-refractivity contribution in [1.82, 2.24) is 15.1 Å². The standard InChI is InChI=1S/C20H23N3O3/c1-13-7-14(2)9-18(8-13)25-12-17-5-6-19(26-17)20(24)21-11-16-10-15(3)23(4)22-16/h5-10H,11-12H2,1-4H3,(H,21,24). The maximum Gasteiger partial charge on any atom is 0.287 e. The zero-order valence-corrected chi connectivity index (χ0v) is 15.5. The first-order valence-electron chi connectivity index (χ1n) is 8.48. The van der Waals surface area contributed by atoms with Gasteiger partial charge in [-0.2, -0.15) is 5.10 Å². The molecule has 1 aromatic carbocycles. The minimum Gasteiger partial charge on any atom is -0.486 e. The highest BCUT2D eigenvalue weighted by Gasteiger charge is 2.12. The molecule has 0 unspecified atom stereocenters. The second-order valence-corrected chi connectivity index (χ2v) is 6.46. The van der Waals surface area contributed by atoms with E-state index in [1.54, 1.807) is 16.8 Å². The van der Waals surface area contributed by atoms with Gasteiger partial charge in [-0.05, 0) is 62.2 Å². The van der Waals surface area contributed by atoms with E-state index in [2.05, 4.69) is 16.5 Å². The summed E-state index contributed by atoms with van der Waals surface area (Å²) < 4.78 is 13.1. The Kier molecular flexibility index (Phi) is 5.11. The number of aryl methyl sites for hydroxylation is 4. The zero-order valence-electron chi connectivity index (χ0n) is 15.5. The Morgan fingerprint density at radius 2 is 1.88 bits per heavy atom. The fourth-order valence-electron chi connectivity index (χ4n) is 2.73. The van der Waals surface area contributed by atoms with Gasteiger partial charge in [-0.15, -0.1) is 0 Å². The largest absolute Gasteiger partial charge is 0.486 e. The molecular formula is C20H23N3O3. The number of rotatable bonds is 6. The lowest BCUT2D eigenvalue weighted by Gasteiger charge is -2.06. The average Bonchev–Trinajstić information content (AvgIpc) is 3.17. The fourth-order valence-corrected chi connectivity index (χ4v) is 2.73. The van der Waals surface area contributed by atoms with Crippen LogP contribution < -0.4 is 10.1 Å². The third-order valence-electron chi connectivity index (χ3n) is 4.06. The molecule has 6 nitrogen and oxygen atoms in total. The summed E-state index contributed by atoms with van der Waals surface area (Å²) in [5, 5.41) is 7.12. The first-order valence-corrected chi connectivity index (χ1v) is 8.48. The first kappa shape index (κ1) is 17.8. The van der Waals surface area contributed by atoms with Crippen molar-refractivity contribution < 1.29 is 13.9 Å². The van der Waals surface area contributed by atoms with Crippen LogP contribution in [0.5, 0.6) is 5.75 Å². The smallest absolute Gasteiger partial charge is 0.287 e. The minimum absolute atomic E-state index is 0.261. The van der Waals surface area contributed by atoms with Crippen molar-refractivity contribution in [2.45, 2.75) is 33.9 Å². The molecule has 0 fully saturated rings. The van der Waals surface area contributed by atoms with E-state index in [0.717, 1.165) is 28.3 Å². The number of hydrogen-bond acceptors (Lipinski definition) is 4. The molecule has 0 spiro atoms. The maximum absolute atomic E-state index is 12.2. The summed E-state index contributed by atoms with van der Waals surface area (Å²) in [7, 11) is 1.87. The van der Waals surface area contributed by atoms with Crippen LogP contribution in [0.15, 0.2) is 40.8 Å². The van der Waals surface area contributed by atoms with Gasteiger partial charge in [0.05, 0.1) is 12.2 Å². The Morgan fingerprint density at radius 1 is 1.15 bits per heavy atom. The molecule has 3 rings (SSSR count). The SMILES string of the molecule is Cc1cc(C)cc(OCc2ccc(C(=O)NCc3cc(C)n(C)n3)o2)c1. The van der Waals surface area contributed by atoms with Crippen molar-refractivity contribution >= 4 is 5.91 Å². The second kappa shape index (κ2) is 7.47. The van der Waals surface area contributed by atoms with E-state index >= 15 is 0 Å². The van der Waals surface area contributed by atoms with Gasteiger partial charge in [0.25, 0.3) is 5.91 Å². The quantitative estimate of drug-likeness (QED) is 0.737. The Morgan fingerprint density at radius 3 is 2.54 bits per heavy atom. The van der Waals surface area contributed by atoms with Gasteiger partial charge in [-0.25, -0.2) is 0 Å². The van der Waals surface area contributed by atoms with Gasteiger partial charge in [-0.3, -0.25) is 9.48 Å². The monoisotopic (exact) mass is 353 g/mol. The minimum atomic E-state index is -0.272. The number of carbonyl (C=O) groups excluding carboxylic acids is 1. The van der Waals surface area contributed by atoms with Crippen LogP contribution in [0.1, 0.15) is 38.8 Å². The molecule has 2 heterocycles. The molecule has 1 amide bonds. The highest BCUT2D eigenvalue weighted by molar-refractivity contribution is 5.91. The molecule has 0 aliphatic heterocycles. The Bertz CT molecular complexity index is 885. The zero-order chi connectivity index (χ0) is 18.7. The molecule has 3 aromatic rings. The van der Waals surface area contributed by atoms with Gasteiger partial charge in [0.1, 0.15) is 18.1 Å². The number of ether oxygens (including phenoxy) is 1. The number of furan rings is 1. The number of carbonyl (C=O) groups is 1. The predicted molar refractivity (Wildman–Crippen MR) is 98.1 cm³/mol. The van der Waals surface area contributed by atoms with E-state index in [-0.39, 0.29) is 18.3 Å². The molecule has 0 aliphatic rings. The van der Waals surface area contributed by atoms with Crippen LogP contribution in [0, 0.1) is 20.8 Å². The molecule has 136 valence electrons. The maximum atomic E-state index is 12.2. The van der Waals surface area contributed by atoms with E-state index in [1.165, 1.54) is 0 Å². The topological polar surface area (TPSA) is 69.3 Å². The number of benzene rings is 1. The lowest BCUT2D eigenvalue weighted by atomic mass is 10.1. The Balaban J connectivity index is 1.55. The van der Waals surface area contributed by atoms with E-state index < -0.39 is 0 Å². The summed E-state index contributed by atoms with van der Waals surface area (Å²) in [5.41, 5.74) is 4.13. The van der Waals surface area contributed by atoms with Gasteiger partial charge in [0, 0.05) is 12.7 Å². The van der Waals surface area contributed by atoms with Crippen molar-refractivity contribution in [3.05, 3.63) is 70.4 Å². The van der Waals surface area contributed by atoms with Crippen LogP contribution in [0.3, 0.4) is 0 Å². The summed E-state index contributed by atoms with van der Waals surface area (Å²) in [6, 6.07) is 11.4. The molecule has 2 aromatic heterocycles. The summed E-state index contributed by atoms with van der Waals surface area (Å²) in [6.07, 6.45) is 0. The van der Waals surface area contributed by atoms with E-state index in [9.17, 15) is 4.79 Å². The Hall–Kier alpha value is -3.02. The van der Waals surface area contributed by atoms with E-state index in [1.807, 2.05) is 46.0 Å². The van der Waals surface area contributed by atoms with Crippen molar-refractivity contribution in [2.75, 3.05) is 0 Å². The van der Waals surface area contributed by atoms with E-state index in [0.29, 0.717) is 12.3 Å². The predicted octanol–water partition coefficient (Wildman–Crippen LogP) is 3.45. The molecule has 0 bridgehead atoms. The number of amides is 1. The van der Waals surface area contributed by atoms with Gasteiger partial charge in [0.2, 0.25) is 0 Å². The van der Waals surface area contributed by atoms with Crippen LogP contribution in [-0.2, 0) is 20.2 Å². The van der Waals surface area contributed by atoms with Gasteiger partial charge in [-0.1, -0.05) is 6.07 Å². The highest BCUT2D eigenvalue weighted by Crippen LogP contribution is 2.18. The third-order valence-corrected chi connectivity index (χ3v) is 4.06. The van der Waals surface area contributed by atoms with Gasteiger partial charge >= 0.3 is 0 Å². The van der Waals surface area contributed by atoms with E-state index in [4.69, 9.17) is 9.15 Å². The summed E-state index contributed by atoms with van der Waals surface area (Å²) in [5.74, 6) is 1.38. The fraction of sp³-hybridized carbons (Fsp3) is 0.300. The van der Waals surface area contributed by atoms with Gasteiger partial charge < -0.3 is 14.5 Å². The molecule has 0 saturated heterocycles. The molecule has 6 heteroatoms. The van der Waals surface area contributed by atoms with Crippen LogP contribution >= 0.6 is 0 Å². The summed E-state index contributed by atoms with van der Waals surface area (Å²) >= 11 is 0. The highest BCUT2D eigenvalue weighted by atomic mass is 16.5. The van der Waals surface area contributed by atoms with Gasteiger partial charge in [0.15, 0.2) is 5.76 Å². The molecule has 0 atom stereocenters. The Labute approximate surface area is 152 Å². The van der Waals surface area contributed by atoms with Crippen molar-refractivity contribution in [3.8, 4) is 5.75 Å². The molecule has 0 saturated carbocycles. The van der Waals surface area contributed by atoms with Crippen molar-refractivity contribution in [1.29, 1.82) is 0 Å². The summed E-state index contributed by atoms with van der Waals surface area (Å²) in [4.78, 5) is 12.2. The van der Waals surface area contributed by atoms with Crippen LogP contribution in [-0.4, -0.2) is 15.7 Å². The summed E-state index contributed by atoms with van der Waals surface area (Å²) in [6.45, 7) is 6.65. The third kappa shape index (κ3) is 4.33. The lowest BCUT2D eigenvalue weighted by molar-refractivity contribution is 0.0918. The normalized spacial score (nSPS) is 10.8. The second-order valence-electron chi connectivity index (χ2n) is 6.46. The lowest BCUT2D eigenvalue weighted by Crippen LogP contribution is -2.22. The van der Waals surface area contributed by atoms with Crippen LogP contribution in [0.4, 0.5) is 0 Å². The molecule has 0 aliphatic carbocycles. The number of aromatic nitrogens is 2. The number of hydrogen-bond donors (Lipinski definition) is 1. The van der Waals surface area contributed by atoms with Crippen LogP contribution in [0.25, 0.3) is 0 Å². The molecule has 1 N–H and O–H groups in total. The molecular weight excluding hydrogens is 330 g/mol. The number of nitrogens with zero attached hydrogens (tertiary/aromatic N) is 2.